The van der Waals surface area contributed by atoms with E-state index in [1.807, 2.05) is 18.2 Å². The Hall–Kier alpha value is -1.81. The van der Waals surface area contributed by atoms with Gasteiger partial charge in [0, 0.05) is 23.9 Å². The predicted molar refractivity (Wildman–Crippen MR) is 81.8 cm³/mol. The van der Waals surface area contributed by atoms with Crippen LogP contribution < -0.4 is 10.1 Å². The molecule has 0 bridgehead atoms. The number of aromatic nitrogens is 2. The van der Waals surface area contributed by atoms with E-state index in [1.165, 1.54) is 24.8 Å². The van der Waals surface area contributed by atoms with Gasteiger partial charge < -0.3 is 10.1 Å². The lowest BCUT2D eigenvalue weighted by atomic mass is 10.1. The van der Waals surface area contributed by atoms with Crippen molar-refractivity contribution < 1.29 is 4.74 Å². The van der Waals surface area contributed by atoms with E-state index in [0.29, 0.717) is 0 Å². The number of aromatic amines is 1. The molecule has 0 saturated carbocycles. The molecule has 4 nitrogen and oxygen atoms in total. The first kappa shape index (κ1) is 14.6. The molecule has 0 aliphatic rings. The van der Waals surface area contributed by atoms with Crippen molar-refractivity contribution in [2.24, 2.45) is 0 Å². The summed E-state index contributed by atoms with van der Waals surface area (Å²) in [4.78, 5) is 0. The molecule has 0 unspecified atom stereocenters. The SMILES string of the molecule is CCCCCNCc1cc(-c2ccn[nH]2)ccc1OC. The van der Waals surface area contributed by atoms with Crippen LogP contribution in [0.25, 0.3) is 11.3 Å². The summed E-state index contributed by atoms with van der Waals surface area (Å²) in [5.41, 5.74) is 3.34. The Morgan fingerprint density at radius 1 is 1.25 bits per heavy atom. The van der Waals surface area contributed by atoms with Crippen LogP contribution in [-0.4, -0.2) is 23.9 Å². The lowest BCUT2D eigenvalue weighted by Crippen LogP contribution is -2.15. The second-order valence-corrected chi connectivity index (χ2v) is 4.88. The fourth-order valence-corrected chi connectivity index (χ4v) is 2.22. The number of unbranched alkanes of at least 4 members (excludes halogenated alkanes) is 2. The second-order valence-electron chi connectivity index (χ2n) is 4.88. The summed E-state index contributed by atoms with van der Waals surface area (Å²) in [6.07, 6.45) is 5.51. The van der Waals surface area contributed by atoms with Crippen LogP contribution in [0.4, 0.5) is 0 Å². The van der Waals surface area contributed by atoms with Gasteiger partial charge in [-0.05, 0) is 37.2 Å². The van der Waals surface area contributed by atoms with E-state index in [-0.39, 0.29) is 0 Å². The van der Waals surface area contributed by atoms with Crippen LogP contribution in [0.15, 0.2) is 30.5 Å². The molecule has 2 aromatic rings. The highest BCUT2D eigenvalue weighted by Gasteiger charge is 2.06. The lowest BCUT2D eigenvalue weighted by molar-refractivity contribution is 0.407. The largest absolute Gasteiger partial charge is 0.496 e. The summed E-state index contributed by atoms with van der Waals surface area (Å²) in [5, 5.41) is 10.5. The summed E-state index contributed by atoms with van der Waals surface area (Å²) in [7, 11) is 1.71. The Labute approximate surface area is 120 Å². The summed E-state index contributed by atoms with van der Waals surface area (Å²) < 4.78 is 5.43. The Morgan fingerprint density at radius 2 is 2.15 bits per heavy atom. The lowest BCUT2D eigenvalue weighted by Gasteiger charge is -2.11. The van der Waals surface area contributed by atoms with Crippen LogP contribution in [0, 0.1) is 0 Å². The van der Waals surface area contributed by atoms with Gasteiger partial charge in [-0.2, -0.15) is 5.10 Å². The van der Waals surface area contributed by atoms with Gasteiger partial charge in [-0.1, -0.05) is 19.8 Å². The molecule has 0 atom stereocenters. The predicted octanol–water partition coefficient (Wildman–Crippen LogP) is 3.37. The standard InChI is InChI=1S/C16H23N3O/c1-3-4-5-9-17-12-14-11-13(6-7-16(14)20-2)15-8-10-18-19-15/h6-8,10-11,17H,3-5,9,12H2,1-2H3,(H,18,19). The van der Waals surface area contributed by atoms with Gasteiger partial charge in [0.1, 0.15) is 5.75 Å². The molecule has 0 aliphatic heterocycles. The molecule has 4 heteroatoms. The minimum absolute atomic E-state index is 0.828. The van der Waals surface area contributed by atoms with Gasteiger partial charge in [0.2, 0.25) is 0 Å². The Kier molecular flexibility index (Phi) is 5.62. The average molecular weight is 273 g/mol. The number of ether oxygens (including phenoxy) is 1. The zero-order valence-corrected chi connectivity index (χ0v) is 12.3. The van der Waals surface area contributed by atoms with Gasteiger partial charge >= 0.3 is 0 Å². The van der Waals surface area contributed by atoms with Crippen LogP contribution in [0.2, 0.25) is 0 Å². The van der Waals surface area contributed by atoms with E-state index in [9.17, 15) is 0 Å². The maximum atomic E-state index is 5.43. The average Bonchev–Trinajstić information content (AvgIpc) is 3.01. The Morgan fingerprint density at radius 3 is 2.85 bits per heavy atom. The molecular formula is C16H23N3O. The van der Waals surface area contributed by atoms with Crippen LogP contribution in [0.5, 0.6) is 5.75 Å². The van der Waals surface area contributed by atoms with E-state index < -0.39 is 0 Å². The van der Waals surface area contributed by atoms with Crippen molar-refractivity contribution in [3.63, 3.8) is 0 Å². The first-order valence-electron chi connectivity index (χ1n) is 7.22. The maximum absolute atomic E-state index is 5.43. The molecule has 0 fully saturated rings. The summed E-state index contributed by atoms with van der Waals surface area (Å²) in [5.74, 6) is 0.927. The van der Waals surface area contributed by atoms with Gasteiger partial charge in [-0.3, -0.25) is 5.10 Å². The highest BCUT2D eigenvalue weighted by atomic mass is 16.5. The molecule has 0 spiro atoms. The molecule has 0 radical (unpaired) electrons. The quantitative estimate of drug-likeness (QED) is 0.725. The molecule has 2 N–H and O–H groups in total. The topological polar surface area (TPSA) is 49.9 Å². The molecule has 2 rings (SSSR count). The number of nitrogens with zero attached hydrogens (tertiary/aromatic N) is 1. The van der Waals surface area contributed by atoms with E-state index in [0.717, 1.165) is 30.1 Å². The molecule has 0 aliphatic carbocycles. The van der Waals surface area contributed by atoms with E-state index in [2.05, 4.69) is 28.5 Å². The first-order valence-corrected chi connectivity index (χ1v) is 7.22. The van der Waals surface area contributed by atoms with Gasteiger partial charge in [-0.25, -0.2) is 0 Å². The number of rotatable bonds is 8. The molecule has 1 heterocycles. The van der Waals surface area contributed by atoms with Crippen LogP contribution in [0.3, 0.4) is 0 Å². The van der Waals surface area contributed by atoms with Crippen LogP contribution >= 0.6 is 0 Å². The number of hydrogen-bond donors (Lipinski definition) is 2. The number of methoxy groups -OCH3 is 1. The van der Waals surface area contributed by atoms with Crippen molar-refractivity contribution in [2.75, 3.05) is 13.7 Å². The van der Waals surface area contributed by atoms with E-state index >= 15 is 0 Å². The third kappa shape index (κ3) is 3.84. The van der Waals surface area contributed by atoms with Crippen molar-refractivity contribution in [1.29, 1.82) is 0 Å². The molecule has 1 aromatic heterocycles. The number of H-pyrrole nitrogens is 1. The summed E-state index contributed by atoms with van der Waals surface area (Å²) >= 11 is 0. The number of nitrogens with one attached hydrogen (secondary N) is 2. The smallest absolute Gasteiger partial charge is 0.123 e. The van der Waals surface area contributed by atoms with Crippen LogP contribution in [-0.2, 0) is 6.54 Å². The van der Waals surface area contributed by atoms with Gasteiger partial charge in [0.15, 0.2) is 0 Å². The minimum atomic E-state index is 0.828. The zero-order chi connectivity index (χ0) is 14.2. The molecule has 1 aromatic carbocycles. The van der Waals surface area contributed by atoms with Gasteiger partial charge in [0.25, 0.3) is 0 Å². The highest BCUT2D eigenvalue weighted by Crippen LogP contribution is 2.25. The zero-order valence-electron chi connectivity index (χ0n) is 12.3. The minimum Gasteiger partial charge on any atom is -0.496 e. The van der Waals surface area contributed by atoms with Crippen molar-refractivity contribution >= 4 is 0 Å². The van der Waals surface area contributed by atoms with Gasteiger partial charge in [-0.15, -0.1) is 0 Å². The Balaban J connectivity index is 2.03. The maximum Gasteiger partial charge on any atom is 0.123 e. The molecular weight excluding hydrogens is 250 g/mol. The van der Waals surface area contributed by atoms with Crippen molar-refractivity contribution in [2.45, 2.75) is 32.7 Å². The molecule has 0 amide bonds. The summed E-state index contributed by atoms with van der Waals surface area (Å²) in [6, 6.07) is 8.19. The van der Waals surface area contributed by atoms with E-state index in [4.69, 9.17) is 4.74 Å². The number of benzene rings is 1. The molecule has 108 valence electrons. The van der Waals surface area contributed by atoms with Crippen molar-refractivity contribution in [3.05, 3.63) is 36.0 Å². The van der Waals surface area contributed by atoms with Gasteiger partial charge in [0.05, 0.1) is 12.8 Å². The van der Waals surface area contributed by atoms with Crippen molar-refractivity contribution in [3.8, 4) is 17.0 Å². The molecule has 0 saturated heterocycles. The summed E-state index contributed by atoms with van der Waals surface area (Å²) in [6.45, 7) is 4.09. The van der Waals surface area contributed by atoms with Crippen LogP contribution in [0.1, 0.15) is 31.7 Å². The van der Waals surface area contributed by atoms with Crippen molar-refractivity contribution in [1.82, 2.24) is 15.5 Å². The first-order chi connectivity index (χ1) is 9.85. The van der Waals surface area contributed by atoms with E-state index in [1.54, 1.807) is 13.3 Å². The fourth-order valence-electron chi connectivity index (χ4n) is 2.22. The fraction of sp³-hybridized carbons (Fsp3) is 0.438. The monoisotopic (exact) mass is 273 g/mol. The molecule has 20 heavy (non-hydrogen) atoms. The second kappa shape index (κ2) is 7.70. The normalized spacial score (nSPS) is 10.7. The third-order valence-corrected chi connectivity index (χ3v) is 3.36. The Bertz CT molecular complexity index is 508. The highest BCUT2D eigenvalue weighted by molar-refractivity contribution is 5.61. The third-order valence-electron chi connectivity index (χ3n) is 3.36. The number of hydrogen-bond acceptors (Lipinski definition) is 3.